The van der Waals surface area contributed by atoms with Gasteiger partial charge in [-0.3, -0.25) is 0 Å². The Bertz CT molecular complexity index is 375. The summed E-state index contributed by atoms with van der Waals surface area (Å²) in [6, 6.07) is 6.63. The molecule has 0 spiro atoms. The van der Waals surface area contributed by atoms with Gasteiger partial charge in [0, 0.05) is 11.2 Å². The zero-order valence-corrected chi connectivity index (χ0v) is 12.3. The summed E-state index contributed by atoms with van der Waals surface area (Å²) in [7, 11) is 0. The van der Waals surface area contributed by atoms with Gasteiger partial charge < -0.3 is 4.74 Å². The summed E-state index contributed by atoms with van der Waals surface area (Å²) in [5.74, 6) is 1.08. The number of ether oxygens (including phenoxy) is 1. The van der Waals surface area contributed by atoms with Gasteiger partial charge in [-0.1, -0.05) is 54.2 Å². The van der Waals surface area contributed by atoms with Crippen LogP contribution in [0.4, 0.5) is 0 Å². The monoisotopic (exact) mass is 296 g/mol. The molecular weight excluding hydrogens is 276 g/mol. The molecule has 1 nitrogen and oxygen atoms in total. The summed E-state index contributed by atoms with van der Waals surface area (Å²) in [6.07, 6.45) is 6.54. The molecule has 1 aliphatic heterocycles. The average molecular weight is 297 g/mol. The van der Waals surface area contributed by atoms with E-state index in [1.807, 2.05) is 0 Å². The minimum Gasteiger partial charge on any atom is -0.490 e. The van der Waals surface area contributed by atoms with Crippen molar-refractivity contribution in [2.75, 3.05) is 0 Å². The summed E-state index contributed by atoms with van der Waals surface area (Å²) in [5.41, 5.74) is 2.77. The van der Waals surface area contributed by atoms with E-state index in [1.54, 1.807) is 0 Å². The van der Waals surface area contributed by atoms with Gasteiger partial charge in [-0.15, -0.1) is 0 Å². The minimum atomic E-state index is 0.342. The van der Waals surface area contributed by atoms with Crippen LogP contribution < -0.4 is 4.74 Å². The van der Waals surface area contributed by atoms with Crippen LogP contribution in [0.25, 0.3) is 0 Å². The molecule has 1 aromatic carbocycles. The van der Waals surface area contributed by atoms with Crippen LogP contribution in [0.1, 0.15) is 55.5 Å². The normalized spacial score (nSPS) is 19.8. The standard InChI is InChI=1S/C15H21BrO/c1-3-4-5-6-14(16)12-7-8-15-13(10-12)9-11(2)17-15/h7-8,10-11,14H,3-6,9H2,1-2H3. The number of hydrogen-bond acceptors (Lipinski definition) is 1. The molecular formula is C15H21BrO. The van der Waals surface area contributed by atoms with Crippen LogP contribution >= 0.6 is 15.9 Å². The number of alkyl halides is 1. The first-order valence-corrected chi connectivity index (χ1v) is 7.55. The van der Waals surface area contributed by atoms with Crippen molar-refractivity contribution in [3.63, 3.8) is 0 Å². The quantitative estimate of drug-likeness (QED) is 0.547. The van der Waals surface area contributed by atoms with Gasteiger partial charge in [0.05, 0.1) is 0 Å². The average Bonchev–Trinajstić information content (AvgIpc) is 2.68. The van der Waals surface area contributed by atoms with Gasteiger partial charge in [0.25, 0.3) is 0 Å². The van der Waals surface area contributed by atoms with E-state index in [9.17, 15) is 0 Å². The van der Waals surface area contributed by atoms with Crippen molar-refractivity contribution in [2.45, 2.75) is 56.9 Å². The zero-order chi connectivity index (χ0) is 12.3. The van der Waals surface area contributed by atoms with Crippen LogP contribution in [0, 0.1) is 0 Å². The van der Waals surface area contributed by atoms with Gasteiger partial charge >= 0.3 is 0 Å². The molecule has 2 heteroatoms. The Kier molecular flexibility index (Phi) is 4.49. The topological polar surface area (TPSA) is 9.23 Å². The number of benzene rings is 1. The lowest BCUT2D eigenvalue weighted by Crippen LogP contribution is -2.05. The highest BCUT2D eigenvalue weighted by Crippen LogP contribution is 2.35. The highest BCUT2D eigenvalue weighted by Gasteiger charge is 2.20. The number of fused-ring (bicyclic) bond motifs is 1. The first-order chi connectivity index (χ1) is 8.20. The Balaban J connectivity index is 2.00. The molecule has 1 aromatic rings. The summed E-state index contributed by atoms with van der Waals surface area (Å²) in [4.78, 5) is 0.496. The van der Waals surface area contributed by atoms with Crippen molar-refractivity contribution in [3.05, 3.63) is 29.3 Å². The summed E-state index contributed by atoms with van der Waals surface area (Å²) >= 11 is 3.80. The van der Waals surface area contributed by atoms with Gasteiger partial charge in [0.2, 0.25) is 0 Å². The lowest BCUT2D eigenvalue weighted by Gasteiger charge is -2.11. The third-order valence-electron chi connectivity index (χ3n) is 3.34. The minimum absolute atomic E-state index is 0.342. The van der Waals surface area contributed by atoms with E-state index >= 15 is 0 Å². The molecule has 1 heterocycles. The molecule has 0 aliphatic carbocycles. The Morgan fingerprint density at radius 2 is 2.24 bits per heavy atom. The first-order valence-electron chi connectivity index (χ1n) is 6.64. The molecule has 2 unspecified atom stereocenters. The lowest BCUT2D eigenvalue weighted by atomic mass is 10.0. The highest BCUT2D eigenvalue weighted by atomic mass is 79.9. The molecule has 0 aromatic heterocycles. The third-order valence-corrected chi connectivity index (χ3v) is 4.33. The van der Waals surface area contributed by atoms with Crippen molar-refractivity contribution in [1.29, 1.82) is 0 Å². The van der Waals surface area contributed by atoms with Crippen LogP contribution in [0.15, 0.2) is 18.2 Å². The second-order valence-electron chi connectivity index (χ2n) is 4.96. The molecule has 17 heavy (non-hydrogen) atoms. The largest absolute Gasteiger partial charge is 0.490 e. The summed E-state index contributed by atoms with van der Waals surface area (Å²) in [5, 5.41) is 0. The van der Waals surface area contributed by atoms with E-state index in [2.05, 4.69) is 48.0 Å². The van der Waals surface area contributed by atoms with Crippen molar-refractivity contribution in [2.24, 2.45) is 0 Å². The Morgan fingerprint density at radius 1 is 1.41 bits per heavy atom. The van der Waals surface area contributed by atoms with Gasteiger partial charge in [-0.25, -0.2) is 0 Å². The SMILES string of the molecule is CCCCCC(Br)c1ccc2c(c1)CC(C)O2. The van der Waals surface area contributed by atoms with Crippen molar-refractivity contribution < 1.29 is 4.74 Å². The highest BCUT2D eigenvalue weighted by molar-refractivity contribution is 9.09. The fourth-order valence-corrected chi connectivity index (χ4v) is 2.99. The number of unbranched alkanes of at least 4 members (excludes halogenated alkanes) is 2. The molecule has 0 bridgehead atoms. The predicted octanol–water partition coefficient (Wildman–Crippen LogP) is 5.03. The first kappa shape index (κ1) is 12.9. The smallest absolute Gasteiger partial charge is 0.123 e. The summed E-state index contributed by atoms with van der Waals surface area (Å²) < 4.78 is 5.72. The molecule has 0 fully saturated rings. The van der Waals surface area contributed by atoms with Crippen LogP contribution in [0.3, 0.4) is 0 Å². The molecule has 0 amide bonds. The number of rotatable bonds is 5. The molecule has 94 valence electrons. The maximum Gasteiger partial charge on any atom is 0.123 e. The zero-order valence-electron chi connectivity index (χ0n) is 10.7. The lowest BCUT2D eigenvalue weighted by molar-refractivity contribution is 0.254. The van der Waals surface area contributed by atoms with Crippen molar-refractivity contribution in [3.8, 4) is 5.75 Å². The van der Waals surface area contributed by atoms with Gasteiger partial charge in [-0.2, -0.15) is 0 Å². The van der Waals surface area contributed by atoms with Gasteiger partial charge in [-0.05, 0) is 30.5 Å². The fraction of sp³-hybridized carbons (Fsp3) is 0.600. The van der Waals surface area contributed by atoms with E-state index < -0.39 is 0 Å². The second-order valence-corrected chi connectivity index (χ2v) is 6.07. The van der Waals surface area contributed by atoms with Gasteiger partial charge in [0.1, 0.15) is 11.9 Å². The van der Waals surface area contributed by atoms with Crippen LogP contribution in [0.2, 0.25) is 0 Å². The van der Waals surface area contributed by atoms with Crippen LogP contribution in [-0.4, -0.2) is 6.10 Å². The third kappa shape index (κ3) is 3.25. The summed E-state index contributed by atoms with van der Waals surface area (Å²) in [6.45, 7) is 4.38. The van der Waals surface area contributed by atoms with E-state index in [-0.39, 0.29) is 0 Å². The second kappa shape index (κ2) is 5.90. The Labute approximate surface area is 113 Å². The maximum atomic E-state index is 5.72. The van der Waals surface area contributed by atoms with E-state index in [1.165, 1.54) is 36.8 Å². The molecule has 2 atom stereocenters. The molecule has 0 saturated heterocycles. The van der Waals surface area contributed by atoms with Crippen LogP contribution in [-0.2, 0) is 6.42 Å². The van der Waals surface area contributed by atoms with E-state index in [4.69, 9.17) is 4.74 Å². The Morgan fingerprint density at radius 3 is 3.00 bits per heavy atom. The molecule has 2 rings (SSSR count). The molecule has 0 saturated carbocycles. The number of halogens is 1. The Hall–Kier alpha value is -0.500. The van der Waals surface area contributed by atoms with Crippen molar-refractivity contribution in [1.82, 2.24) is 0 Å². The van der Waals surface area contributed by atoms with Gasteiger partial charge in [0.15, 0.2) is 0 Å². The van der Waals surface area contributed by atoms with E-state index in [0.717, 1.165) is 12.2 Å². The molecule has 1 aliphatic rings. The van der Waals surface area contributed by atoms with Crippen molar-refractivity contribution >= 4 is 15.9 Å². The van der Waals surface area contributed by atoms with E-state index in [0.29, 0.717) is 10.9 Å². The number of hydrogen-bond donors (Lipinski definition) is 0. The fourth-order valence-electron chi connectivity index (χ4n) is 2.38. The molecule has 0 radical (unpaired) electrons. The predicted molar refractivity (Wildman–Crippen MR) is 76.0 cm³/mol. The molecule has 0 N–H and O–H groups in total. The van der Waals surface area contributed by atoms with Crippen LogP contribution in [0.5, 0.6) is 5.75 Å². The maximum absolute atomic E-state index is 5.72.